The van der Waals surface area contributed by atoms with E-state index in [0.717, 1.165) is 0 Å². The Balaban J connectivity index is 3.04. The number of nitrogens with zero attached hydrogens (tertiary/aromatic N) is 1. The van der Waals surface area contributed by atoms with Crippen molar-refractivity contribution in [2.75, 3.05) is 11.9 Å². The molecule has 1 aromatic heterocycles. The van der Waals surface area contributed by atoms with Crippen LogP contribution in [-0.2, 0) is 0 Å². The second-order valence-corrected chi connectivity index (χ2v) is 3.47. The highest BCUT2D eigenvalue weighted by atomic mass is 19.2. The molecule has 0 radical (unpaired) electrons. The van der Waals surface area contributed by atoms with Gasteiger partial charge in [-0.1, -0.05) is 13.8 Å². The van der Waals surface area contributed by atoms with E-state index in [1.54, 1.807) is 13.8 Å². The van der Waals surface area contributed by atoms with Crippen molar-refractivity contribution in [3.05, 3.63) is 23.5 Å². The predicted octanol–water partition coefficient (Wildman–Crippen LogP) is 2.71. The lowest BCUT2D eigenvalue weighted by Gasteiger charge is -2.10. The van der Waals surface area contributed by atoms with Crippen LogP contribution in [0.25, 0.3) is 0 Å². The van der Waals surface area contributed by atoms with Gasteiger partial charge >= 0.3 is 0 Å². The summed E-state index contributed by atoms with van der Waals surface area (Å²) >= 11 is 0. The molecule has 1 rings (SSSR count). The van der Waals surface area contributed by atoms with Crippen LogP contribution in [0.3, 0.4) is 0 Å². The Morgan fingerprint density at radius 2 is 1.53 bits per heavy atom. The number of hydrogen-bond donors (Lipinski definition) is 1. The maximum atomic E-state index is 13.0. The van der Waals surface area contributed by atoms with E-state index in [1.807, 2.05) is 0 Å². The van der Waals surface area contributed by atoms with Crippen molar-refractivity contribution in [3.8, 4) is 0 Å². The monoisotopic (exact) mass is 222 g/mol. The number of pyridine rings is 1. The third-order valence-electron chi connectivity index (χ3n) is 1.68. The summed E-state index contributed by atoms with van der Waals surface area (Å²) in [5.74, 6) is -6.23. The number of aromatic nitrogens is 1. The van der Waals surface area contributed by atoms with E-state index in [0.29, 0.717) is 0 Å². The van der Waals surface area contributed by atoms with E-state index in [2.05, 4.69) is 10.3 Å². The van der Waals surface area contributed by atoms with Crippen LogP contribution in [0.1, 0.15) is 13.8 Å². The number of halogens is 4. The number of rotatable bonds is 3. The van der Waals surface area contributed by atoms with Gasteiger partial charge in [0.25, 0.3) is 11.9 Å². The lowest BCUT2D eigenvalue weighted by Crippen LogP contribution is -2.13. The quantitative estimate of drug-likeness (QED) is 0.628. The normalized spacial score (nSPS) is 10.9. The van der Waals surface area contributed by atoms with Crippen LogP contribution < -0.4 is 5.32 Å². The summed E-state index contributed by atoms with van der Waals surface area (Å²) < 4.78 is 51.2. The lowest BCUT2D eigenvalue weighted by atomic mass is 10.2. The van der Waals surface area contributed by atoms with Crippen molar-refractivity contribution in [3.63, 3.8) is 0 Å². The standard InChI is InChI=1S/C9H10F4N2/c1-4(2)3-14-7-5(10)8(12)15-9(13)6(7)11/h4H,3H2,1-2H3,(H,14,15). The predicted molar refractivity (Wildman–Crippen MR) is 47.4 cm³/mol. The molecule has 0 bridgehead atoms. The minimum atomic E-state index is -1.65. The first-order valence-electron chi connectivity index (χ1n) is 4.37. The number of hydrogen-bond acceptors (Lipinski definition) is 2. The molecule has 0 unspecified atom stereocenters. The van der Waals surface area contributed by atoms with E-state index in [-0.39, 0.29) is 12.5 Å². The Morgan fingerprint density at radius 3 is 1.93 bits per heavy atom. The highest BCUT2D eigenvalue weighted by Gasteiger charge is 2.20. The molecule has 1 heterocycles. The number of anilines is 1. The fourth-order valence-corrected chi connectivity index (χ4v) is 0.948. The minimum Gasteiger partial charge on any atom is -0.380 e. The molecule has 0 saturated heterocycles. The van der Waals surface area contributed by atoms with Crippen LogP contribution in [0.15, 0.2) is 0 Å². The van der Waals surface area contributed by atoms with Gasteiger partial charge in [-0.25, -0.2) is 0 Å². The minimum absolute atomic E-state index is 0.0862. The third-order valence-corrected chi connectivity index (χ3v) is 1.68. The molecule has 0 aliphatic heterocycles. The Bertz CT molecular complexity index is 339. The van der Waals surface area contributed by atoms with Crippen LogP contribution in [0.5, 0.6) is 0 Å². The fourth-order valence-electron chi connectivity index (χ4n) is 0.948. The Morgan fingerprint density at radius 1 is 1.07 bits per heavy atom. The molecule has 0 saturated carbocycles. The zero-order valence-electron chi connectivity index (χ0n) is 8.24. The molecule has 0 amide bonds. The summed E-state index contributed by atoms with van der Waals surface area (Å²) in [4.78, 5) is 2.44. The molecular weight excluding hydrogens is 212 g/mol. The van der Waals surface area contributed by atoms with E-state index in [1.165, 1.54) is 0 Å². The van der Waals surface area contributed by atoms with Gasteiger partial charge in [-0.05, 0) is 5.92 Å². The Kier molecular flexibility index (Phi) is 3.49. The molecular formula is C9H10F4N2. The van der Waals surface area contributed by atoms with Gasteiger partial charge < -0.3 is 5.32 Å². The van der Waals surface area contributed by atoms with E-state index >= 15 is 0 Å². The summed E-state index contributed by atoms with van der Waals surface area (Å²) in [5.41, 5.74) is -0.811. The zero-order chi connectivity index (χ0) is 11.6. The average molecular weight is 222 g/mol. The molecule has 15 heavy (non-hydrogen) atoms. The van der Waals surface area contributed by atoms with Crippen LogP contribution in [-0.4, -0.2) is 11.5 Å². The SMILES string of the molecule is CC(C)CNc1c(F)c(F)nc(F)c1F. The molecule has 0 aliphatic rings. The molecule has 1 N–H and O–H groups in total. The first kappa shape index (κ1) is 11.7. The largest absolute Gasteiger partial charge is 0.380 e. The Hall–Kier alpha value is -1.33. The van der Waals surface area contributed by atoms with Gasteiger partial charge in [-0.15, -0.1) is 0 Å². The molecule has 6 heteroatoms. The summed E-state index contributed by atoms with van der Waals surface area (Å²) in [5, 5.41) is 2.29. The first-order chi connectivity index (χ1) is 6.93. The molecule has 0 atom stereocenters. The van der Waals surface area contributed by atoms with E-state index in [9.17, 15) is 17.6 Å². The molecule has 0 aromatic carbocycles. The van der Waals surface area contributed by atoms with Gasteiger partial charge in [-0.2, -0.15) is 22.5 Å². The molecule has 84 valence electrons. The van der Waals surface area contributed by atoms with Gasteiger partial charge in [0.1, 0.15) is 5.69 Å². The van der Waals surface area contributed by atoms with Crippen LogP contribution in [0.2, 0.25) is 0 Å². The summed E-state index contributed by atoms with van der Waals surface area (Å²) in [6, 6.07) is 0. The molecule has 2 nitrogen and oxygen atoms in total. The topological polar surface area (TPSA) is 24.9 Å². The maximum Gasteiger partial charge on any atom is 0.253 e. The van der Waals surface area contributed by atoms with Crippen LogP contribution in [0.4, 0.5) is 23.2 Å². The van der Waals surface area contributed by atoms with Gasteiger partial charge in [0.15, 0.2) is 0 Å². The molecule has 0 spiro atoms. The molecule has 0 fully saturated rings. The first-order valence-corrected chi connectivity index (χ1v) is 4.37. The lowest BCUT2D eigenvalue weighted by molar-refractivity contribution is 0.410. The fraction of sp³-hybridized carbons (Fsp3) is 0.444. The van der Waals surface area contributed by atoms with Gasteiger partial charge in [0.05, 0.1) is 0 Å². The second kappa shape index (κ2) is 4.46. The Labute approximate surface area is 84.3 Å². The van der Waals surface area contributed by atoms with E-state index in [4.69, 9.17) is 0 Å². The molecule has 0 aliphatic carbocycles. The third kappa shape index (κ3) is 2.57. The average Bonchev–Trinajstić information content (AvgIpc) is 2.14. The van der Waals surface area contributed by atoms with Crippen molar-refractivity contribution in [2.24, 2.45) is 5.92 Å². The van der Waals surface area contributed by atoms with Crippen molar-refractivity contribution < 1.29 is 17.6 Å². The van der Waals surface area contributed by atoms with Crippen molar-refractivity contribution in [2.45, 2.75) is 13.8 Å². The summed E-state index contributed by atoms with van der Waals surface area (Å²) in [6.45, 7) is 3.78. The van der Waals surface area contributed by atoms with Gasteiger partial charge in [0.2, 0.25) is 11.6 Å². The maximum absolute atomic E-state index is 13.0. The van der Waals surface area contributed by atoms with Crippen LogP contribution in [0, 0.1) is 29.4 Å². The summed E-state index contributed by atoms with van der Waals surface area (Å²) in [6.07, 6.45) is 0. The zero-order valence-corrected chi connectivity index (χ0v) is 8.24. The van der Waals surface area contributed by atoms with Crippen LogP contribution >= 0.6 is 0 Å². The smallest absolute Gasteiger partial charge is 0.253 e. The highest BCUT2D eigenvalue weighted by molar-refractivity contribution is 5.45. The van der Waals surface area contributed by atoms with Gasteiger partial charge in [0, 0.05) is 6.54 Å². The van der Waals surface area contributed by atoms with Crippen molar-refractivity contribution in [1.29, 1.82) is 0 Å². The molecule has 1 aromatic rings. The van der Waals surface area contributed by atoms with Crippen molar-refractivity contribution in [1.82, 2.24) is 4.98 Å². The second-order valence-electron chi connectivity index (χ2n) is 3.47. The highest BCUT2D eigenvalue weighted by Crippen LogP contribution is 2.21. The summed E-state index contributed by atoms with van der Waals surface area (Å²) in [7, 11) is 0. The number of nitrogens with one attached hydrogen (secondary N) is 1. The van der Waals surface area contributed by atoms with Crippen molar-refractivity contribution >= 4 is 5.69 Å². The van der Waals surface area contributed by atoms with Gasteiger partial charge in [-0.3, -0.25) is 0 Å². The van der Waals surface area contributed by atoms with E-state index < -0.39 is 29.2 Å².